The van der Waals surface area contributed by atoms with Gasteiger partial charge in [-0.15, -0.1) is 10.2 Å². The van der Waals surface area contributed by atoms with Crippen molar-refractivity contribution in [3.63, 3.8) is 0 Å². The number of aromatic nitrogens is 3. The first-order valence-corrected chi connectivity index (χ1v) is 12.0. The van der Waals surface area contributed by atoms with Crippen LogP contribution < -0.4 is 4.74 Å². The molecule has 1 aromatic heterocycles. The van der Waals surface area contributed by atoms with E-state index in [9.17, 15) is 4.79 Å². The van der Waals surface area contributed by atoms with E-state index in [-0.39, 0.29) is 12.0 Å². The molecule has 2 saturated heterocycles. The van der Waals surface area contributed by atoms with Crippen LogP contribution in [0.1, 0.15) is 19.3 Å². The van der Waals surface area contributed by atoms with Crippen LogP contribution in [0.4, 0.5) is 0 Å². The summed E-state index contributed by atoms with van der Waals surface area (Å²) in [6.45, 7) is 1.52. The van der Waals surface area contributed by atoms with E-state index in [1.807, 2.05) is 40.6 Å². The average Bonchev–Trinajstić information content (AvgIpc) is 3.53. The van der Waals surface area contributed by atoms with Crippen LogP contribution in [0.5, 0.6) is 5.75 Å². The maximum Gasteiger partial charge on any atom is 0.233 e. The number of carbonyl (C=O) groups is 1. The molecule has 29 heavy (non-hydrogen) atoms. The molecule has 0 radical (unpaired) electrons. The molecule has 156 valence electrons. The number of rotatable bonds is 8. The minimum Gasteiger partial charge on any atom is -0.497 e. The quantitative estimate of drug-likeness (QED) is 0.592. The molecule has 2 atom stereocenters. The number of hydrogen-bond donors (Lipinski definition) is 0. The summed E-state index contributed by atoms with van der Waals surface area (Å²) in [7, 11) is 1.64. The van der Waals surface area contributed by atoms with Gasteiger partial charge in [0.05, 0.1) is 19.0 Å². The fourth-order valence-corrected chi connectivity index (χ4v) is 5.72. The van der Waals surface area contributed by atoms with Crippen molar-refractivity contribution < 1.29 is 14.3 Å². The van der Waals surface area contributed by atoms with Crippen molar-refractivity contribution in [3.8, 4) is 11.4 Å². The molecule has 7 nitrogen and oxygen atoms in total. The van der Waals surface area contributed by atoms with E-state index in [0.717, 1.165) is 48.8 Å². The Morgan fingerprint density at radius 1 is 1.38 bits per heavy atom. The van der Waals surface area contributed by atoms with Gasteiger partial charge < -0.3 is 14.4 Å². The Bertz CT molecular complexity index is 802. The van der Waals surface area contributed by atoms with Crippen molar-refractivity contribution in [1.29, 1.82) is 0 Å². The van der Waals surface area contributed by atoms with Crippen LogP contribution in [-0.2, 0) is 9.53 Å². The molecule has 0 saturated carbocycles. The topological polar surface area (TPSA) is 69.5 Å². The Labute approximate surface area is 179 Å². The second-order valence-electron chi connectivity index (χ2n) is 7.17. The lowest BCUT2D eigenvalue weighted by molar-refractivity contribution is -0.131. The molecule has 2 unspecified atom stereocenters. The van der Waals surface area contributed by atoms with E-state index in [1.54, 1.807) is 13.4 Å². The van der Waals surface area contributed by atoms with E-state index < -0.39 is 0 Å². The number of carbonyl (C=O) groups excluding carboxylic acids is 1. The molecule has 2 aliphatic rings. The van der Waals surface area contributed by atoms with Gasteiger partial charge in [0.25, 0.3) is 0 Å². The van der Waals surface area contributed by atoms with Crippen molar-refractivity contribution in [2.24, 2.45) is 0 Å². The van der Waals surface area contributed by atoms with Gasteiger partial charge in [0, 0.05) is 30.6 Å². The molecule has 1 amide bonds. The average molecular weight is 435 g/mol. The van der Waals surface area contributed by atoms with Crippen LogP contribution in [0, 0.1) is 0 Å². The summed E-state index contributed by atoms with van der Waals surface area (Å²) in [5.41, 5.74) is 0.939. The number of ether oxygens (including phenoxy) is 2. The number of methoxy groups -OCH3 is 1. The molecule has 1 aromatic carbocycles. The molecule has 9 heteroatoms. The fraction of sp³-hybridized carbons (Fsp3) is 0.550. The van der Waals surface area contributed by atoms with Gasteiger partial charge in [-0.3, -0.25) is 9.36 Å². The SMILES string of the molecule is COc1ccc(-n2cnnc2SCC(=O)N(CC2CCCO2)C2CCSC2)cc1. The molecule has 0 spiro atoms. The van der Waals surface area contributed by atoms with Gasteiger partial charge >= 0.3 is 0 Å². The third-order valence-electron chi connectivity index (χ3n) is 5.28. The van der Waals surface area contributed by atoms with Crippen molar-refractivity contribution in [3.05, 3.63) is 30.6 Å². The van der Waals surface area contributed by atoms with Gasteiger partial charge in [-0.2, -0.15) is 11.8 Å². The summed E-state index contributed by atoms with van der Waals surface area (Å²) in [4.78, 5) is 15.2. The minimum absolute atomic E-state index is 0.155. The third-order valence-corrected chi connectivity index (χ3v) is 7.36. The summed E-state index contributed by atoms with van der Waals surface area (Å²) in [6.07, 6.45) is 5.05. The zero-order valence-corrected chi connectivity index (χ0v) is 18.2. The predicted octanol–water partition coefficient (Wildman–Crippen LogP) is 2.88. The van der Waals surface area contributed by atoms with Crippen LogP contribution in [0.15, 0.2) is 35.7 Å². The van der Waals surface area contributed by atoms with E-state index >= 15 is 0 Å². The summed E-state index contributed by atoms with van der Waals surface area (Å²) in [5.74, 6) is 3.44. The molecular weight excluding hydrogens is 408 g/mol. The highest BCUT2D eigenvalue weighted by Crippen LogP contribution is 2.27. The first kappa shape index (κ1) is 20.6. The van der Waals surface area contributed by atoms with E-state index in [4.69, 9.17) is 9.47 Å². The molecule has 0 bridgehead atoms. The van der Waals surface area contributed by atoms with E-state index in [0.29, 0.717) is 23.5 Å². The predicted molar refractivity (Wildman–Crippen MR) is 115 cm³/mol. The van der Waals surface area contributed by atoms with Gasteiger partial charge in [-0.25, -0.2) is 0 Å². The molecule has 0 aliphatic carbocycles. The Balaban J connectivity index is 1.41. The maximum absolute atomic E-state index is 13.1. The summed E-state index contributed by atoms with van der Waals surface area (Å²) in [6, 6.07) is 8.02. The molecule has 3 heterocycles. The molecule has 2 fully saturated rings. The number of nitrogens with zero attached hydrogens (tertiary/aromatic N) is 4. The molecule has 2 aliphatic heterocycles. The van der Waals surface area contributed by atoms with Crippen LogP contribution in [0.2, 0.25) is 0 Å². The van der Waals surface area contributed by atoms with Crippen LogP contribution in [0.3, 0.4) is 0 Å². The lowest BCUT2D eigenvalue weighted by atomic mass is 10.1. The zero-order chi connectivity index (χ0) is 20.1. The third kappa shape index (κ3) is 5.07. The fourth-order valence-electron chi connectivity index (χ4n) is 3.68. The van der Waals surface area contributed by atoms with Gasteiger partial charge in [-0.1, -0.05) is 11.8 Å². The second-order valence-corrected chi connectivity index (χ2v) is 9.26. The Morgan fingerprint density at radius 3 is 2.93 bits per heavy atom. The van der Waals surface area contributed by atoms with Crippen LogP contribution >= 0.6 is 23.5 Å². The number of hydrogen-bond acceptors (Lipinski definition) is 7. The molecular formula is C20H26N4O3S2. The van der Waals surface area contributed by atoms with E-state index in [1.165, 1.54) is 11.8 Å². The summed E-state index contributed by atoms with van der Waals surface area (Å²) in [5, 5.41) is 8.96. The van der Waals surface area contributed by atoms with E-state index in [2.05, 4.69) is 15.1 Å². The van der Waals surface area contributed by atoms with Gasteiger partial charge in [0.2, 0.25) is 5.91 Å². The molecule has 2 aromatic rings. The van der Waals surface area contributed by atoms with Crippen LogP contribution in [0.25, 0.3) is 5.69 Å². The van der Waals surface area contributed by atoms with Crippen molar-refractivity contribution in [2.45, 2.75) is 36.6 Å². The normalized spacial score (nSPS) is 21.4. The lowest BCUT2D eigenvalue weighted by Gasteiger charge is -2.30. The molecule has 4 rings (SSSR count). The van der Waals surface area contributed by atoms with Crippen molar-refractivity contribution in [1.82, 2.24) is 19.7 Å². The van der Waals surface area contributed by atoms with Gasteiger partial charge in [0.1, 0.15) is 12.1 Å². The number of thioether (sulfide) groups is 2. The van der Waals surface area contributed by atoms with Gasteiger partial charge in [-0.05, 0) is 49.3 Å². The van der Waals surface area contributed by atoms with Crippen molar-refractivity contribution in [2.75, 3.05) is 37.5 Å². The zero-order valence-electron chi connectivity index (χ0n) is 16.5. The Hall–Kier alpha value is -1.71. The summed E-state index contributed by atoms with van der Waals surface area (Å²) >= 11 is 3.36. The summed E-state index contributed by atoms with van der Waals surface area (Å²) < 4.78 is 12.9. The number of amides is 1. The maximum atomic E-state index is 13.1. The van der Waals surface area contributed by atoms with Gasteiger partial charge in [0.15, 0.2) is 5.16 Å². The van der Waals surface area contributed by atoms with Crippen LogP contribution in [-0.4, -0.2) is 75.2 Å². The first-order chi connectivity index (χ1) is 14.2. The minimum atomic E-state index is 0.155. The highest BCUT2D eigenvalue weighted by molar-refractivity contribution is 8.00. The monoisotopic (exact) mass is 434 g/mol. The lowest BCUT2D eigenvalue weighted by Crippen LogP contribution is -2.45. The largest absolute Gasteiger partial charge is 0.497 e. The Kier molecular flexibility index (Phi) is 6.99. The highest BCUT2D eigenvalue weighted by Gasteiger charge is 2.30. The van der Waals surface area contributed by atoms with Crippen molar-refractivity contribution >= 4 is 29.4 Å². The highest BCUT2D eigenvalue weighted by atomic mass is 32.2. The number of benzene rings is 1. The molecule has 0 N–H and O–H groups in total. The first-order valence-electron chi connectivity index (χ1n) is 9.90. The Morgan fingerprint density at radius 2 is 2.24 bits per heavy atom. The standard InChI is InChI=1S/C20H26N4O3S2/c1-26-17-6-4-15(5-7-17)24-14-21-22-20(24)29-13-19(25)23(16-8-10-28-12-16)11-18-3-2-9-27-18/h4-7,14,16,18H,2-3,8-13H2,1H3. The second kappa shape index (κ2) is 9.86. The smallest absolute Gasteiger partial charge is 0.233 e.